The van der Waals surface area contributed by atoms with Crippen LogP contribution in [0.5, 0.6) is 0 Å². The van der Waals surface area contributed by atoms with E-state index in [9.17, 15) is 14.4 Å². The quantitative estimate of drug-likeness (QED) is 0.526. The molecule has 0 aliphatic rings. The maximum Gasteiger partial charge on any atom is 0.313 e. The molecule has 0 heterocycles. The molecule has 0 rings (SSSR count). The van der Waals surface area contributed by atoms with E-state index >= 15 is 0 Å². The van der Waals surface area contributed by atoms with Crippen molar-refractivity contribution in [2.45, 2.75) is 39.2 Å². The maximum absolute atomic E-state index is 11.1. The molecular weight excluding hydrogens is 200 g/mol. The zero-order chi connectivity index (χ0) is 12.1. The van der Waals surface area contributed by atoms with Gasteiger partial charge in [-0.2, -0.15) is 0 Å². The van der Waals surface area contributed by atoms with Gasteiger partial charge in [0.1, 0.15) is 18.6 Å². The van der Waals surface area contributed by atoms with E-state index in [1.165, 1.54) is 0 Å². The summed E-state index contributed by atoms with van der Waals surface area (Å²) in [5.74, 6) is -1.79. The summed E-state index contributed by atoms with van der Waals surface area (Å²) in [5, 5.41) is 8.39. The molecule has 0 aliphatic carbocycles. The minimum Gasteiger partial charge on any atom is -0.460 e. The van der Waals surface area contributed by atoms with Crippen molar-refractivity contribution in [2.75, 3.05) is 6.61 Å². The van der Waals surface area contributed by atoms with Crippen LogP contribution in [0.25, 0.3) is 0 Å². The van der Waals surface area contributed by atoms with Crippen LogP contribution in [0.15, 0.2) is 0 Å². The standard InChI is InChI=1S/C10H16O5/c1-10(2,3)15-9(14)5-7(12)4-8(13)6-11/h11H,4-6H2,1-3H3. The van der Waals surface area contributed by atoms with Gasteiger partial charge in [-0.1, -0.05) is 0 Å². The molecule has 0 saturated heterocycles. The van der Waals surface area contributed by atoms with Crippen LogP contribution in [0.1, 0.15) is 33.6 Å². The molecular formula is C10H16O5. The molecule has 0 radical (unpaired) electrons. The minimum absolute atomic E-state index is 0.421. The van der Waals surface area contributed by atoms with E-state index in [4.69, 9.17) is 9.84 Å². The highest BCUT2D eigenvalue weighted by atomic mass is 16.6. The number of hydrogen-bond acceptors (Lipinski definition) is 5. The fourth-order valence-corrected chi connectivity index (χ4v) is 0.877. The van der Waals surface area contributed by atoms with Gasteiger partial charge >= 0.3 is 5.97 Å². The number of Topliss-reactive ketones (excluding diaryl/α,β-unsaturated/α-hetero) is 2. The second-order valence-corrected chi connectivity index (χ2v) is 4.18. The first-order chi connectivity index (χ1) is 6.74. The lowest BCUT2D eigenvalue weighted by Crippen LogP contribution is -2.26. The average Bonchev–Trinajstić information content (AvgIpc) is 1.99. The SMILES string of the molecule is CC(C)(C)OC(=O)CC(=O)CC(=O)CO. The second kappa shape index (κ2) is 5.60. The Labute approximate surface area is 88.4 Å². The third-order valence-electron chi connectivity index (χ3n) is 1.33. The molecule has 0 fully saturated rings. The smallest absolute Gasteiger partial charge is 0.313 e. The fourth-order valence-electron chi connectivity index (χ4n) is 0.877. The van der Waals surface area contributed by atoms with Gasteiger partial charge in [0.25, 0.3) is 0 Å². The topological polar surface area (TPSA) is 80.7 Å². The molecule has 0 unspecified atom stereocenters. The third kappa shape index (κ3) is 7.81. The second-order valence-electron chi connectivity index (χ2n) is 4.18. The molecule has 0 saturated carbocycles. The summed E-state index contributed by atoms with van der Waals surface area (Å²) in [5.41, 5.74) is -0.641. The first-order valence-corrected chi connectivity index (χ1v) is 4.60. The van der Waals surface area contributed by atoms with Crippen molar-refractivity contribution in [3.63, 3.8) is 0 Å². The summed E-state index contributed by atoms with van der Waals surface area (Å²) in [7, 11) is 0. The van der Waals surface area contributed by atoms with Crippen LogP contribution in [0.3, 0.4) is 0 Å². The van der Waals surface area contributed by atoms with Crippen LogP contribution >= 0.6 is 0 Å². The highest BCUT2D eigenvalue weighted by molar-refractivity contribution is 6.05. The van der Waals surface area contributed by atoms with Crippen LogP contribution in [0.4, 0.5) is 0 Å². The Bertz CT molecular complexity index is 261. The Morgan fingerprint density at radius 2 is 1.60 bits per heavy atom. The molecule has 86 valence electrons. The van der Waals surface area contributed by atoms with E-state index < -0.39 is 42.6 Å². The summed E-state index contributed by atoms with van der Waals surface area (Å²) in [6.07, 6.45) is -0.848. The number of aliphatic hydroxyl groups is 1. The van der Waals surface area contributed by atoms with E-state index in [0.29, 0.717) is 0 Å². The number of esters is 1. The summed E-state index contributed by atoms with van der Waals surface area (Å²) < 4.78 is 4.89. The lowest BCUT2D eigenvalue weighted by atomic mass is 10.1. The molecule has 0 bridgehead atoms. The Kier molecular flexibility index (Phi) is 5.14. The Hall–Kier alpha value is -1.23. The van der Waals surface area contributed by atoms with Gasteiger partial charge in [0.05, 0.1) is 6.42 Å². The van der Waals surface area contributed by atoms with Crippen molar-refractivity contribution in [1.82, 2.24) is 0 Å². The Morgan fingerprint density at radius 3 is 2.00 bits per heavy atom. The van der Waals surface area contributed by atoms with E-state index in [2.05, 4.69) is 0 Å². The third-order valence-corrected chi connectivity index (χ3v) is 1.33. The molecule has 0 aromatic heterocycles. The highest BCUT2D eigenvalue weighted by Gasteiger charge is 2.19. The summed E-state index contributed by atoms with van der Waals surface area (Å²) >= 11 is 0. The van der Waals surface area contributed by atoms with Gasteiger partial charge in [-0.05, 0) is 20.8 Å². The van der Waals surface area contributed by atoms with Crippen LogP contribution in [-0.4, -0.2) is 34.9 Å². The monoisotopic (exact) mass is 216 g/mol. The number of carbonyl (C=O) groups excluding carboxylic acids is 3. The van der Waals surface area contributed by atoms with E-state index in [1.54, 1.807) is 20.8 Å². The van der Waals surface area contributed by atoms with Crippen molar-refractivity contribution in [3.8, 4) is 0 Å². The first kappa shape index (κ1) is 13.8. The Morgan fingerprint density at radius 1 is 1.07 bits per heavy atom. The van der Waals surface area contributed by atoms with Gasteiger partial charge in [-0.25, -0.2) is 0 Å². The lowest BCUT2D eigenvalue weighted by Gasteiger charge is -2.18. The molecule has 0 amide bonds. The van der Waals surface area contributed by atoms with Gasteiger partial charge in [-0.15, -0.1) is 0 Å². The molecule has 1 N–H and O–H groups in total. The van der Waals surface area contributed by atoms with Gasteiger partial charge in [0.15, 0.2) is 11.6 Å². The molecule has 0 atom stereocenters. The zero-order valence-electron chi connectivity index (χ0n) is 9.20. The van der Waals surface area contributed by atoms with Crippen LogP contribution in [0.2, 0.25) is 0 Å². The molecule has 5 nitrogen and oxygen atoms in total. The van der Waals surface area contributed by atoms with E-state index in [0.717, 1.165) is 0 Å². The van der Waals surface area contributed by atoms with Crippen molar-refractivity contribution >= 4 is 17.5 Å². The zero-order valence-corrected chi connectivity index (χ0v) is 9.20. The van der Waals surface area contributed by atoms with Gasteiger partial charge in [0.2, 0.25) is 0 Å². The molecule has 0 aliphatic heterocycles. The predicted molar refractivity (Wildman–Crippen MR) is 52.2 cm³/mol. The summed E-state index contributed by atoms with van der Waals surface area (Å²) in [4.78, 5) is 32.9. The largest absolute Gasteiger partial charge is 0.460 e. The van der Waals surface area contributed by atoms with Gasteiger partial charge in [-0.3, -0.25) is 14.4 Å². The van der Waals surface area contributed by atoms with Crippen LogP contribution in [0, 0.1) is 0 Å². The molecule has 0 spiro atoms. The first-order valence-electron chi connectivity index (χ1n) is 4.60. The highest BCUT2D eigenvalue weighted by Crippen LogP contribution is 2.08. The number of aliphatic hydroxyl groups excluding tert-OH is 1. The van der Waals surface area contributed by atoms with E-state index in [1.807, 2.05) is 0 Å². The number of carbonyl (C=O) groups is 3. The number of ketones is 2. The Balaban J connectivity index is 3.98. The summed E-state index contributed by atoms with van der Waals surface area (Å²) in [6, 6.07) is 0. The summed E-state index contributed by atoms with van der Waals surface area (Å²) in [6.45, 7) is 4.39. The molecule has 0 aromatic rings. The van der Waals surface area contributed by atoms with Crippen LogP contribution in [-0.2, 0) is 19.1 Å². The number of rotatable bonds is 5. The lowest BCUT2D eigenvalue weighted by molar-refractivity contribution is -0.156. The average molecular weight is 216 g/mol. The van der Waals surface area contributed by atoms with Crippen molar-refractivity contribution in [2.24, 2.45) is 0 Å². The van der Waals surface area contributed by atoms with Crippen molar-refractivity contribution in [1.29, 1.82) is 0 Å². The predicted octanol–water partition coefficient (Wildman–Crippen LogP) is 0.239. The molecule has 0 aromatic carbocycles. The normalized spacial score (nSPS) is 10.9. The van der Waals surface area contributed by atoms with E-state index in [-0.39, 0.29) is 0 Å². The van der Waals surface area contributed by atoms with Crippen LogP contribution < -0.4 is 0 Å². The maximum atomic E-state index is 11.1. The fraction of sp³-hybridized carbons (Fsp3) is 0.700. The number of hydrogen-bond donors (Lipinski definition) is 1. The van der Waals surface area contributed by atoms with Gasteiger partial charge < -0.3 is 9.84 Å². The molecule has 5 heteroatoms. The molecule has 15 heavy (non-hydrogen) atoms. The van der Waals surface area contributed by atoms with Crippen molar-refractivity contribution in [3.05, 3.63) is 0 Å². The van der Waals surface area contributed by atoms with Gasteiger partial charge in [0, 0.05) is 0 Å². The number of ether oxygens (including phenoxy) is 1. The minimum atomic E-state index is -0.680. The van der Waals surface area contributed by atoms with Crippen molar-refractivity contribution < 1.29 is 24.2 Å².